The van der Waals surface area contributed by atoms with Crippen LogP contribution in [0.25, 0.3) is 5.70 Å². The van der Waals surface area contributed by atoms with Crippen LogP contribution in [-0.4, -0.2) is 58.2 Å². The fraction of sp³-hybridized carbons (Fsp3) is 0.440. The lowest BCUT2D eigenvalue weighted by Gasteiger charge is -2.44. The van der Waals surface area contributed by atoms with E-state index in [1.165, 1.54) is 28.6 Å². The van der Waals surface area contributed by atoms with Crippen LogP contribution < -0.4 is 9.62 Å². The molecule has 2 aromatic rings. The Hall–Kier alpha value is -2.07. The number of benzene rings is 2. The molecular weight excluding hydrogens is 506 g/mol. The van der Waals surface area contributed by atoms with Crippen LogP contribution in [0.5, 0.6) is 0 Å². The molecule has 1 saturated heterocycles. The van der Waals surface area contributed by atoms with Gasteiger partial charge in [-0.25, -0.2) is 16.8 Å². The Kier molecular flexibility index (Phi) is 5.98. The van der Waals surface area contributed by atoms with E-state index in [0.29, 0.717) is 10.7 Å². The molecule has 1 aliphatic carbocycles. The zero-order valence-electron chi connectivity index (χ0n) is 20.0. The number of anilines is 1. The van der Waals surface area contributed by atoms with Gasteiger partial charge in [-0.3, -0.25) is 4.31 Å². The lowest BCUT2D eigenvalue weighted by molar-refractivity contribution is 0.222. The molecule has 2 aromatic carbocycles. The number of sulfone groups is 1. The summed E-state index contributed by atoms with van der Waals surface area (Å²) in [6.45, 7) is 7.67. The molecule has 0 unspecified atom stereocenters. The van der Waals surface area contributed by atoms with Crippen molar-refractivity contribution in [3.63, 3.8) is 0 Å². The number of fused-ring (bicyclic) bond motifs is 1. The van der Waals surface area contributed by atoms with E-state index in [0.717, 1.165) is 43.7 Å². The van der Waals surface area contributed by atoms with E-state index in [4.69, 9.17) is 11.6 Å². The third-order valence-electron chi connectivity index (χ3n) is 7.24. The van der Waals surface area contributed by atoms with E-state index in [1.54, 1.807) is 32.0 Å². The molecule has 188 valence electrons. The van der Waals surface area contributed by atoms with Crippen molar-refractivity contribution in [1.29, 1.82) is 0 Å². The van der Waals surface area contributed by atoms with Crippen molar-refractivity contribution in [2.24, 2.45) is 0 Å². The van der Waals surface area contributed by atoms with Crippen molar-refractivity contribution < 1.29 is 16.8 Å². The third kappa shape index (κ3) is 3.97. The van der Waals surface area contributed by atoms with Gasteiger partial charge in [0.1, 0.15) is 0 Å². The second kappa shape index (κ2) is 8.50. The monoisotopic (exact) mass is 535 g/mol. The van der Waals surface area contributed by atoms with Gasteiger partial charge in [-0.15, -0.1) is 0 Å². The largest absolute Gasteiger partial charge is 0.363 e. The standard InChI is InChI=1S/C25H30ClN3O4S2/c1-17(2)34(30,31)19-7-9-20(10-8-19)35(32,33)29-18(3)15-23(24-21(26)5-4-6-22(24)29)28-14-13-27-16-25(28)11-12-25/h4-10,15,17-18,27H,11-14,16H2,1-3H3/t18-/m0/s1. The van der Waals surface area contributed by atoms with Crippen molar-refractivity contribution in [3.8, 4) is 0 Å². The average molecular weight is 536 g/mol. The van der Waals surface area contributed by atoms with Crippen molar-refractivity contribution in [3.05, 3.63) is 59.1 Å². The molecule has 2 heterocycles. The molecule has 5 rings (SSSR count). The van der Waals surface area contributed by atoms with Gasteiger partial charge in [0.25, 0.3) is 10.0 Å². The summed E-state index contributed by atoms with van der Waals surface area (Å²) in [5, 5.41) is 3.40. The van der Waals surface area contributed by atoms with Gasteiger partial charge in [-0.2, -0.15) is 0 Å². The summed E-state index contributed by atoms with van der Waals surface area (Å²) in [6.07, 6.45) is 4.19. The van der Waals surface area contributed by atoms with Gasteiger partial charge >= 0.3 is 0 Å². The maximum Gasteiger partial charge on any atom is 0.264 e. The molecule has 0 amide bonds. The zero-order chi connectivity index (χ0) is 25.2. The van der Waals surface area contributed by atoms with E-state index in [-0.39, 0.29) is 15.3 Å². The van der Waals surface area contributed by atoms with Gasteiger partial charge in [0.2, 0.25) is 0 Å². The second-order valence-corrected chi connectivity index (χ2v) is 14.6. The quantitative estimate of drug-likeness (QED) is 0.625. The Morgan fingerprint density at radius 3 is 2.31 bits per heavy atom. The van der Waals surface area contributed by atoms with Gasteiger partial charge < -0.3 is 10.2 Å². The summed E-state index contributed by atoms with van der Waals surface area (Å²) in [7, 11) is -7.49. The number of nitrogens with zero attached hydrogens (tertiary/aromatic N) is 2. The van der Waals surface area contributed by atoms with Crippen molar-refractivity contribution >= 4 is 42.8 Å². The van der Waals surface area contributed by atoms with Crippen LogP contribution in [0.2, 0.25) is 5.02 Å². The topological polar surface area (TPSA) is 86.8 Å². The number of piperazine rings is 1. The molecular formula is C25H30ClN3O4S2. The molecule has 2 fully saturated rings. The first-order chi connectivity index (χ1) is 16.5. The van der Waals surface area contributed by atoms with E-state index >= 15 is 0 Å². The highest BCUT2D eigenvalue weighted by atomic mass is 35.5. The highest BCUT2D eigenvalue weighted by molar-refractivity contribution is 7.93. The Morgan fingerprint density at radius 2 is 1.69 bits per heavy atom. The number of halogens is 1. The highest BCUT2D eigenvalue weighted by Crippen LogP contribution is 2.50. The summed E-state index contributed by atoms with van der Waals surface area (Å²) in [4.78, 5) is 2.55. The first kappa shape index (κ1) is 24.6. The van der Waals surface area contributed by atoms with Crippen molar-refractivity contribution in [1.82, 2.24) is 10.2 Å². The van der Waals surface area contributed by atoms with Crippen LogP contribution in [0.4, 0.5) is 5.69 Å². The molecule has 35 heavy (non-hydrogen) atoms. The van der Waals surface area contributed by atoms with E-state index < -0.39 is 31.2 Å². The van der Waals surface area contributed by atoms with Crippen LogP contribution in [-0.2, 0) is 19.9 Å². The number of nitrogens with one attached hydrogen (secondary N) is 1. The van der Waals surface area contributed by atoms with Gasteiger partial charge in [0.05, 0.1) is 37.3 Å². The van der Waals surface area contributed by atoms with Crippen LogP contribution >= 0.6 is 11.6 Å². The molecule has 3 aliphatic rings. The first-order valence-corrected chi connectivity index (χ1v) is 15.2. The third-order valence-corrected chi connectivity index (χ3v) is 11.6. The lowest BCUT2D eigenvalue weighted by Crippen LogP contribution is -2.53. The van der Waals surface area contributed by atoms with E-state index in [2.05, 4.69) is 10.2 Å². The Morgan fingerprint density at radius 1 is 1.03 bits per heavy atom. The minimum Gasteiger partial charge on any atom is -0.363 e. The number of hydrogen-bond acceptors (Lipinski definition) is 6. The Labute approximate surface area is 212 Å². The zero-order valence-corrected chi connectivity index (χ0v) is 22.4. The molecule has 1 spiro atoms. The SMILES string of the molecule is CC(C)S(=O)(=O)c1ccc(S(=O)(=O)N2c3cccc(Cl)c3C(N3CCNCC34CC4)=C[C@@H]2C)cc1. The molecule has 1 atom stereocenters. The van der Waals surface area contributed by atoms with Crippen molar-refractivity contribution in [2.45, 2.75) is 60.2 Å². The van der Waals surface area contributed by atoms with Crippen LogP contribution in [0.15, 0.2) is 58.3 Å². The fourth-order valence-electron chi connectivity index (χ4n) is 5.12. The maximum absolute atomic E-state index is 13.9. The van der Waals surface area contributed by atoms with Crippen LogP contribution in [0.3, 0.4) is 0 Å². The summed E-state index contributed by atoms with van der Waals surface area (Å²) < 4.78 is 54.1. The summed E-state index contributed by atoms with van der Waals surface area (Å²) in [6, 6.07) is 10.4. The fourth-order valence-corrected chi connectivity index (χ4v) is 8.06. The molecule has 10 heteroatoms. The predicted molar refractivity (Wildman–Crippen MR) is 139 cm³/mol. The lowest BCUT2D eigenvalue weighted by atomic mass is 9.98. The van der Waals surface area contributed by atoms with E-state index in [9.17, 15) is 16.8 Å². The molecule has 0 aromatic heterocycles. The molecule has 1 saturated carbocycles. The minimum atomic E-state index is -3.99. The Balaban J connectivity index is 1.58. The van der Waals surface area contributed by atoms with Crippen LogP contribution in [0, 0.1) is 0 Å². The summed E-state index contributed by atoms with van der Waals surface area (Å²) >= 11 is 6.71. The first-order valence-electron chi connectivity index (χ1n) is 11.9. The number of rotatable bonds is 5. The number of hydrogen-bond donors (Lipinski definition) is 1. The van der Waals surface area contributed by atoms with Gasteiger partial charge in [-0.1, -0.05) is 17.7 Å². The van der Waals surface area contributed by atoms with E-state index in [1.807, 2.05) is 13.0 Å². The highest BCUT2D eigenvalue weighted by Gasteiger charge is 2.51. The van der Waals surface area contributed by atoms with Gasteiger partial charge in [0.15, 0.2) is 9.84 Å². The molecule has 0 bridgehead atoms. The van der Waals surface area contributed by atoms with Gasteiger partial charge in [-0.05, 0) is 76.1 Å². The summed E-state index contributed by atoms with van der Waals surface area (Å²) in [5.41, 5.74) is 2.32. The average Bonchev–Trinajstić information content (AvgIpc) is 3.58. The smallest absolute Gasteiger partial charge is 0.264 e. The predicted octanol–water partition coefficient (Wildman–Crippen LogP) is 3.90. The molecule has 1 N–H and O–H groups in total. The van der Waals surface area contributed by atoms with Crippen LogP contribution in [0.1, 0.15) is 39.2 Å². The molecule has 7 nitrogen and oxygen atoms in total. The second-order valence-electron chi connectivity index (χ2n) is 9.85. The number of sulfonamides is 1. The van der Waals surface area contributed by atoms with Crippen molar-refractivity contribution in [2.75, 3.05) is 23.9 Å². The Bertz CT molecular complexity index is 1400. The minimum absolute atomic E-state index is 0.0377. The maximum atomic E-state index is 13.9. The normalized spacial score (nSPS) is 21.7. The van der Waals surface area contributed by atoms with Gasteiger partial charge in [0, 0.05) is 30.9 Å². The molecule has 0 radical (unpaired) electrons. The molecule has 2 aliphatic heterocycles. The summed E-state index contributed by atoms with van der Waals surface area (Å²) in [5.74, 6) is 0.